The van der Waals surface area contributed by atoms with Crippen LogP contribution in [0.4, 0.5) is 4.39 Å². The Hall–Kier alpha value is -0.110. The Morgan fingerprint density at radius 2 is 2.22 bits per heavy atom. The number of hydrogen-bond donors (Lipinski definition) is 0. The summed E-state index contributed by atoms with van der Waals surface area (Å²) in [5.41, 5.74) is -0.950. The van der Waals surface area contributed by atoms with Gasteiger partial charge in [-0.2, -0.15) is 0 Å². The number of nitrogens with zero attached hydrogens (tertiary/aromatic N) is 1. The molecule has 1 aliphatic rings. The molecule has 0 aliphatic carbocycles. The highest BCUT2D eigenvalue weighted by Gasteiger charge is 2.45. The van der Waals surface area contributed by atoms with Gasteiger partial charge in [0.15, 0.2) is 0 Å². The first-order valence-corrected chi connectivity index (χ1v) is 3.47. The molecule has 2 unspecified atom stereocenters. The Morgan fingerprint density at radius 3 is 2.33 bits per heavy atom. The molecule has 54 valence electrons. The first kappa shape index (κ1) is 7.00. The van der Waals surface area contributed by atoms with Crippen molar-refractivity contribution in [3.63, 3.8) is 0 Å². The van der Waals surface area contributed by atoms with E-state index in [1.165, 1.54) is 0 Å². The van der Waals surface area contributed by atoms with Crippen molar-refractivity contribution in [2.24, 2.45) is 0 Å². The minimum atomic E-state index is -0.950. The summed E-state index contributed by atoms with van der Waals surface area (Å²) < 4.78 is 13.2. The summed E-state index contributed by atoms with van der Waals surface area (Å²) in [6.45, 7) is 4.51. The van der Waals surface area contributed by atoms with Crippen molar-refractivity contribution in [3.05, 3.63) is 0 Å². The van der Waals surface area contributed by atoms with Gasteiger partial charge in [0.1, 0.15) is 5.67 Å². The first-order chi connectivity index (χ1) is 4.08. The number of halogens is 1. The summed E-state index contributed by atoms with van der Waals surface area (Å²) in [4.78, 5) is 2.03. The molecule has 0 aromatic carbocycles. The normalized spacial score (nSPS) is 40.0. The lowest BCUT2D eigenvalue weighted by Gasteiger charge is -2.16. The van der Waals surface area contributed by atoms with E-state index in [2.05, 4.69) is 0 Å². The minimum Gasteiger partial charge on any atom is -0.297 e. The lowest BCUT2D eigenvalue weighted by atomic mass is 10.0. The lowest BCUT2D eigenvalue weighted by molar-refractivity contribution is 0.162. The summed E-state index contributed by atoms with van der Waals surface area (Å²) in [7, 11) is 1.96. The number of alkyl halides is 1. The molecule has 0 amide bonds. The summed E-state index contributed by atoms with van der Waals surface area (Å²) in [5, 5.41) is 0. The van der Waals surface area contributed by atoms with Gasteiger partial charge in [0.2, 0.25) is 0 Å². The Morgan fingerprint density at radius 1 is 1.78 bits per heavy atom. The molecule has 0 N–H and O–H groups in total. The van der Waals surface area contributed by atoms with Crippen LogP contribution in [0.1, 0.15) is 20.3 Å². The monoisotopic (exact) mass is 131 g/mol. The van der Waals surface area contributed by atoms with Crippen molar-refractivity contribution in [3.8, 4) is 0 Å². The molecular formula is C7H14FN. The smallest absolute Gasteiger partial charge is 0.124 e. The van der Waals surface area contributed by atoms with Gasteiger partial charge in [-0.05, 0) is 20.4 Å². The van der Waals surface area contributed by atoms with Gasteiger partial charge in [0.05, 0.1) is 6.04 Å². The van der Waals surface area contributed by atoms with Crippen LogP contribution in [0.25, 0.3) is 0 Å². The van der Waals surface area contributed by atoms with Crippen LogP contribution in [0.3, 0.4) is 0 Å². The van der Waals surface area contributed by atoms with E-state index in [-0.39, 0.29) is 6.04 Å². The van der Waals surface area contributed by atoms with Crippen LogP contribution in [0.5, 0.6) is 0 Å². The van der Waals surface area contributed by atoms with E-state index in [4.69, 9.17) is 0 Å². The molecule has 1 heterocycles. The molecule has 1 rings (SSSR count). The van der Waals surface area contributed by atoms with Crippen molar-refractivity contribution < 1.29 is 4.39 Å². The Bertz CT molecular complexity index is 111. The molecular weight excluding hydrogens is 117 g/mol. The first-order valence-electron chi connectivity index (χ1n) is 3.47. The Labute approximate surface area is 55.8 Å². The lowest BCUT2D eigenvalue weighted by Crippen LogP contribution is -2.26. The van der Waals surface area contributed by atoms with E-state index >= 15 is 0 Å². The van der Waals surface area contributed by atoms with Gasteiger partial charge < -0.3 is 0 Å². The molecule has 0 saturated carbocycles. The number of rotatable bonds is 2. The minimum absolute atomic E-state index is 0.197. The van der Waals surface area contributed by atoms with Gasteiger partial charge in [-0.15, -0.1) is 0 Å². The molecule has 0 aromatic heterocycles. The maximum atomic E-state index is 13.2. The van der Waals surface area contributed by atoms with Crippen LogP contribution in [-0.4, -0.2) is 30.2 Å². The fraction of sp³-hybridized carbons (Fsp3) is 1.00. The zero-order valence-corrected chi connectivity index (χ0v) is 6.32. The van der Waals surface area contributed by atoms with Crippen LogP contribution in [0.15, 0.2) is 0 Å². The van der Waals surface area contributed by atoms with Crippen LogP contribution in [-0.2, 0) is 0 Å². The third kappa shape index (κ3) is 1.23. The van der Waals surface area contributed by atoms with E-state index in [0.717, 1.165) is 6.54 Å². The van der Waals surface area contributed by atoms with Crippen molar-refractivity contribution >= 4 is 0 Å². The molecule has 2 heteroatoms. The Kier molecular flexibility index (Phi) is 1.51. The van der Waals surface area contributed by atoms with Gasteiger partial charge in [-0.3, -0.25) is 4.90 Å². The summed E-state index contributed by atoms with van der Waals surface area (Å²) in [6.07, 6.45) is 0.627. The van der Waals surface area contributed by atoms with Gasteiger partial charge in [-0.25, -0.2) is 4.39 Å². The molecule has 0 spiro atoms. The molecule has 9 heavy (non-hydrogen) atoms. The maximum Gasteiger partial charge on any atom is 0.124 e. The van der Waals surface area contributed by atoms with E-state index < -0.39 is 5.67 Å². The summed E-state index contributed by atoms with van der Waals surface area (Å²) >= 11 is 0. The van der Waals surface area contributed by atoms with Gasteiger partial charge >= 0.3 is 0 Å². The third-order valence-corrected chi connectivity index (χ3v) is 2.25. The molecule has 0 radical (unpaired) electrons. The fourth-order valence-electron chi connectivity index (χ4n) is 1.11. The standard InChI is InChI=1S/C7H14FN/c1-4-7(2,8)6-5-9(6)3/h6H,4-5H2,1-3H3/t6-,7?,9?/m1/s1. The largest absolute Gasteiger partial charge is 0.297 e. The van der Waals surface area contributed by atoms with E-state index in [0.29, 0.717) is 6.42 Å². The third-order valence-electron chi connectivity index (χ3n) is 2.25. The molecule has 0 aromatic rings. The number of likely N-dealkylation sites (N-methyl/N-ethyl adjacent to an activating group) is 1. The van der Waals surface area contributed by atoms with Gasteiger partial charge in [-0.1, -0.05) is 6.92 Å². The highest BCUT2D eigenvalue weighted by Crippen LogP contribution is 2.32. The molecule has 1 nitrogen and oxygen atoms in total. The van der Waals surface area contributed by atoms with Crippen LogP contribution >= 0.6 is 0 Å². The molecule has 3 atom stereocenters. The van der Waals surface area contributed by atoms with Crippen molar-refractivity contribution in [1.29, 1.82) is 0 Å². The van der Waals surface area contributed by atoms with Gasteiger partial charge in [0.25, 0.3) is 0 Å². The molecule has 1 fully saturated rings. The zero-order chi connectivity index (χ0) is 7.07. The average molecular weight is 131 g/mol. The van der Waals surface area contributed by atoms with Crippen LogP contribution in [0.2, 0.25) is 0 Å². The maximum absolute atomic E-state index is 13.2. The second kappa shape index (κ2) is 1.94. The van der Waals surface area contributed by atoms with E-state index in [1.807, 2.05) is 18.9 Å². The predicted molar refractivity (Wildman–Crippen MR) is 36.2 cm³/mol. The van der Waals surface area contributed by atoms with Crippen LogP contribution in [0, 0.1) is 0 Å². The Balaban J connectivity index is 2.41. The summed E-state index contributed by atoms with van der Waals surface area (Å²) in [6, 6.07) is 0.197. The number of hydrogen-bond acceptors (Lipinski definition) is 1. The zero-order valence-electron chi connectivity index (χ0n) is 6.32. The van der Waals surface area contributed by atoms with Crippen molar-refractivity contribution in [1.82, 2.24) is 4.90 Å². The molecule has 1 saturated heterocycles. The van der Waals surface area contributed by atoms with Crippen molar-refractivity contribution in [2.45, 2.75) is 32.0 Å². The SMILES string of the molecule is CCC(C)(F)[C@H]1CN1C. The summed E-state index contributed by atoms with van der Waals surface area (Å²) in [5.74, 6) is 0. The fourth-order valence-corrected chi connectivity index (χ4v) is 1.11. The second-order valence-corrected chi connectivity index (χ2v) is 3.09. The van der Waals surface area contributed by atoms with Crippen molar-refractivity contribution in [2.75, 3.05) is 13.6 Å². The predicted octanol–water partition coefficient (Wildman–Crippen LogP) is 1.44. The average Bonchev–Trinajstić information content (AvgIpc) is 2.47. The van der Waals surface area contributed by atoms with E-state index in [9.17, 15) is 4.39 Å². The second-order valence-electron chi connectivity index (χ2n) is 3.09. The highest BCUT2D eigenvalue weighted by atomic mass is 19.1. The van der Waals surface area contributed by atoms with Gasteiger partial charge in [0, 0.05) is 6.54 Å². The molecule has 1 aliphatic heterocycles. The molecule has 0 bridgehead atoms. The van der Waals surface area contributed by atoms with E-state index in [1.54, 1.807) is 6.92 Å². The van der Waals surface area contributed by atoms with Crippen LogP contribution < -0.4 is 0 Å². The quantitative estimate of drug-likeness (QED) is 0.512. The highest BCUT2D eigenvalue weighted by molar-refractivity contribution is 5.00. The topological polar surface area (TPSA) is 3.01 Å².